The highest BCUT2D eigenvalue weighted by Gasteiger charge is 2.29. The van der Waals surface area contributed by atoms with Crippen LogP contribution in [-0.4, -0.2) is 47.0 Å². The number of sulfonamides is 1. The molecule has 10 heteroatoms. The van der Waals surface area contributed by atoms with E-state index in [1.807, 2.05) is 13.8 Å². The Hall–Kier alpha value is -3.11. The van der Waals surface area contributed by atoms with Crippen molar-refractivity contribution >= 4 is 33.2 Å². The first-order valence-corrected chi connectivity index (χ1v) is 13.1. The van der Waals surface area contributed by atoms with Gasteiger partial charge in [-0.1, -0.05) is 20.8 Å². The third-order valence-corrected chi connectivity index (χ3v) is 7.30. The molecule has 2 aromatic rings. The number of ether oxygens (including phenoxy) is 2. The smallest absolute Gasteiger partial charge is 0.242 e. The number of hydrogen-bond donors (Lipinski definition) is 2. The first kappa shape index (κ1) is 26.5. The molecule has 0 aromatic heterocycles. The van der Waals surface area contributed by atoms with Crippen molar-refractivity contribution in [2.24, 2.45) is 5.92 Å². The van der Waals surface area contributed by atoms with Crippen molar-refractivity contribution in [1.29, 1.82) is 0 Å². The fraction of sp³-hybridized carbons (Fsp3) is 0.440. The number of nitrogens with one attached hydrogen (secondary N) is 2. The average molecular weight is 504 g/mol. The van der Waals surface area contributed by atoms with Gasteiger partial charge in [0.05, 0.1) is 19.1 Å². The summed E-state index contributed by atoms with van der Waals surface area (Å²) in [5.41, 5.74) is 1.99. The molecule has 0 radical (unpaired) electrons. The quantitative estimate of drug-likeness (QED) is 0.514. The zero-order chi connectivity index (χ0) is 25.8. The molecule has 2 amide bonds. The van der Waals surface area contributed by atoms with E-state index < -0.39 is 22.0 Å². The van der Waals surface area contributed by atoms with Crippen LogP contribution in [0, 0.1) is 5.92 Å². The number of hydrogen-bond acceptors (Lipinski definition) is 6. The third-order valence-electron chi connectivity index (χ3n) is 5.83. The van der Waals surface area contributed by atoms with Gasteiger partial charge in [0.15, 0.2) is 11.5 Å². The van der Waals surface area contributed by atoms with Crippen LogP contribution in [0.2, 0.25) is 0 Å². The molecule has 1 aliphatic heterocycles. The second-order valence-electron chi connectivity index (χ2n) is 8.80. The standard InChI is InChI=1S/C25H33N3O6S/c1-6-24(29)28-12-11-17-14-19(8-9-21(17)28)35(31,32)27-20(13-16(2)3)25(30)26-18-7-10-22(33-4)23(15-18)34-5/h7-10,14-16,20,27H,6,11-13H2,1-5H3,(H,26,30)/t20-/m1/s1. The highest BCUT2D eigenvalue weighted by atomic mass is 32.2. The monoisotopic (exact) mass is 503 g/mol. The van der Waals surface area contributed by atoms with Crippen molar-refractivity contribution in [2.45, 2.75) is 51.0 Å². The van der Waals surface area contributed by atoms with Crippen LogP contribution in [0.4, 0.5) is 11.4 Å². The molecular formula is C25H33N3O6S. The van der Waals surface area contributed by atoms with Crippen LogP contribution in [0.3, 0.4) is 0 Å². The minimum absolute atomic E-state index is 0.00122. The summed E-state index contributed by atoms with van der Waals surface area (Å²) in [6.45, 7) is 6.16. The lowest BCUT2D eigenvalue weighted by Gasteiger charge is -2.21. The summed E-state index contributed by atoms with van der Waals surface area (Å²) in [6, 6.07) is 8.66. The van der Waals surface area contributed by atoms with Crippen LogP contribution in [0.15, 0.2) is 41.3 Å². The largest absolute Gasteiger partial charge is 0.493 e. The molecule has 0 saturated heterocycles. The molecule has 1 heterocycles. The molecule has 9 nitrogen and oxygen atoms in total. The molecule has 0 saturated carbocycles. The Morgan fingerprint density at radius 1 is 1.06 bits per heavy atom. The normalized spacial score (nSPS) is 13.9. The predicted octanol–water partition coefficient (Wildman–Crippen LogP) is 3.33. The fourth-order valence-corrected chi connectivity index (χ4v) is 5.33. The Balaban J connectivity index is 1.81. The number of carbonyl (C=O) groups is 2. The molecule has 1 atom stereocenters. The number of anilines is 2. The van der Waals surface area contributed by atoms with Gasteiger partial charge in [-0.25, -0.2) is 8.42 Å². The van der Waals surface area contributed by atoms with Crippen LogP contribution in [-0.2, 0) is 26.0 Å². The summed E-state index contributed by atoms with van der Waals surface area (Å²) in [6.07, 6.45) is 1.27. The molecule has 3 rings (SSSR count). The topological polar surface area (TPSA) is 114 Å². The highest BCUT2D eigenvalue weighted by molar-refractivity contribution is 7.89. The molecule has 2 N–H and O–H groups in total. The summed E-state index contributed by atoms with van der Waals surface area (Å²) >= 11 is 0. The van der Waals surface area contributed by atoms with E-state index in [9.17, 15) is 18.0 Å². The predicted molar refractivity (Wildman–Crippen MR) is 135 cm³/mol. The molecule has 0 fully saturated rings. The van der Waals surface area contributed by atoms with Crippen molar-refractivity contribution < 1.29 is 27.5 Å². The Bertz CT molecular complexity index is 1200. The van der Waals surface area contributed by atoms with E-state index in [0.29, 0.717) is 43.0 Å². The van der Waals surface area contributed by atoms with Crippen molar-refractivity contribution in [3.63, 3.8) is 0 Å². The molecule has 1 aliphatic rings. The van der Waals surface area contributed by atoms with E-state index in [0.717, 1.165) is 11.3 Å². The van der Waals surface area contributed by atoms with Crippen molar-refractivity contribution in [3.05, 3.63) is 42.0 Å². The minimum Gasteiger partial charge on any atom is -0.493 e. The molecule has 0 bridgehead atoms. The second kappa shape index (κ2) is 11.1. The molecular weight excluding hydrogens is 470 g/mol. The highest BCUT2D eigenvalue weighted by Crippen LogP contribution is 2.32. The minimum atomic E-state index is -3.99. The van der Waals surface area contributed by atoms with Crippen LogP contribution >= 0.6 is 0 Å². The van der Waals surface area contributed by atoms with Crippen LogP contribution in [0.1, 0.15) is 39.2 Å². The van der Waals surface area contributed by atoms with Crippen LogP contribution < -0.4 is 24.4 Å². The zero-order valence-electron chi connectivity index (χ0n) is 20.8. The van der Waals surface area contributed by atoms with Crippen molar-refractivity contribution in [3.8, 4) is 11.5 Å². The fourth-order valence-electron chi connectivity index (χ4n) is 4.07. The summed E-state index contributed by atoms with van der Waals surface area (Å²) in [5, 5.41) is 2.77. The van der Waals surface area contributed by atoms with Gasteiger partial charge in [-0.2, -0.15) is 4.72 Å². The maximum atomic E-state index is 13.2. The number of benzene rings is 2. The van der Waals surface area contributed by atoms with E-state index in [4.69, 9.17) is 9.47 Å². The number of fused-ring (bicyclic) bond motifs is 1. The average Bonchev–Trinajstić information content (AvgIpc) is 3.26. The lowest BCUT2D eigenvalue weighted by molar-refractivity contribution is -0.118. The first-order chi connectivity index (χ1) is 16.6. The van der Waals surface area contributed by atoms with Gasteiger partial charge >= 0.3 is 0 Å². The lowest BCUT2D eigenvalue weighted by atomic mass is 10.0. The van der Waals surface area contributed by atoms with Gasteiger partial charge in [0, 0.05) is 30.4 Å². The van der Waals surface area contributed by atoms with Crippen LogP contribution in [0.25, 0.3) is 0 Å². The Morgan fingerprint density at radius 3 is 2.40 bits per heavy atom. The molecule has 0 aliphatic carbocycles. The second-order valence-corrected chi connectivity index (χ2v) is 10.5. The van der Waals surface area contributed by atoms with Gasteiger partial charge in [0.25, 0.3) is 0 Å². The van der Waals surface area contributed by atoms with E-state index >= 15 is 0 Å². The lowest BCUT2D eigenvalue weighted by Crippen LogP contribution is -2.44. The first-order valence-electron chi connectivity index (χ1n) is 11.6. The van der Waals surface area contributed by atoms with Gasteiger partial charge < -0.3 is 19.7 Å². The van der Waals surface area contributed by atoms with E-state index in [2.05, 4.69) is 10.0 Å². The van der Waals surface area contributed by atoms with Gasteiger partial charge in [-0.3, -0.25) is 9.59 Å². The molecule has 190 valence electrons. The van der Waals surface area contributed by atoms with E-state index in [-0.39, 0.29) is 16.7 Å². The number of nitrogens with zero attached hydrogens (tertiary/aromatic N) is 1. The maximum absolute atomic E-state index is 13.2. The maximum Gasteiger partial charge on any atom is 0.242 e. The number of amides is 2. The summed E-state index contributed by atoms with van der Waals surface area (Å²) < 4.78 is 39.5. The van der Waals surface area contributed by atoms with Gasteiger partial charge in [-0.05, 0) is 54.7 Å². The van der Waals surface area contributed by atoms with E-state index in [1.165, 1.54) is 20.3 Å². The number of rotatable bonds is 10. The Labute approximate surface area is 206 Å². The summed E-state index contributed by atoms with van der Waals surface area (Å²) in [4.78, 5) is 27.0. The van der Waals surface area contributed by atoms with Gasteiger partial charge in [0.2, 0.25) is 21.8 Å². The Kier molecular flexibility index (Phi) is 8.39. The van der Waals surface area contributed by atoms with E-state index in [1.54, 1.807) is 42.2 Å². The van der Waals surface area contributed by atoms with Crippen molar-refractivity contribution in [2.75, 3.05) is 31.0 Å². The van der Waals surface area contributed by atoms with Crippen molar-refractivity contribution in [1.82, 2.24) is 4.72 Å². The molecule has 35 heavy (non-hydrogen) atoms. The third kappa shape index (κ3) is 6.12. The van der Waals surface area contributed by atoms with Gasteiger partial charge in [0.1, 0.15) is 6.04 Å². The molecule has 0 unspecified atom stereocenters. The molecule has 2 aromatic carbocycles. The SMILES string of the molecule is CCC(=O)N1CCc2cc(S(=O)(=O)N[C@H](CC(C)C)C(=O)Nc3ccc(OC)c(OC)c3)ccc21. The summed E-state index contributed by atoms with van der Waals surface area (Å²) in [7, 11) is -0.981. The van der Waals surface area contributed by atoms with Gasteiger partial charge in [-0.15, -0.1) is 0 Å². The summed E-state index contributed by atoms with van der Waals surface area (Å²) in [5.74, 6) is 0.546. The molecule has 0 spiro atoms. The Morgan fingerprint density at radius 2 is 1.77 bits per heavy atom. The number of methoxy groups -OCH3 is 2. The zero-order valence-corrected chi connectivity index (χ0v) is 21.6. The van der Waals surface area contributed by atoms with Crippen LogP contribution in [0.5, 0.6) is 11.5 Å². The number of carbonyl (C=O) groups excluding carboxylic acids is 2.